The number of anilines is 1. The Morgan fingerprint density at radius 1 is 1.21 bits per heavy atom. The number of hydrogen-bond donors (Lipinski definition) is 3. The van der Waals surface area contributed by atoms with E-state index in [2.05, 4.69) is 15.5 Å². The van der Waals surface area contributed by atoms with Crippen LogP contribution in [0.25, 0.3) is 11.5 Å². The maximum atomic E-state index is 10.2. The van der Waals surface area contributed by atoms with Crippen LogP contribution in [0.2, 0.25) is 10.0 Å². The third-order valence-corrected chi connectivity index (χ3v) is 4.99. The van der Waals surface area contributed by atoms with E-state index in [4.69, 9.17) is 32.9 Å². The molecular formula is C19H16Cl2N4O3. The summed E-state index contributed by atoms with van der Waals surface area (Å²) in [4.78, 5) is 0. The van der Waals surface area contributed by atoms with Crippen molar-refractivity contribution in [2.45, 2.75) is 26.0 Å². The summed E-state index contributed by atoms with van der Waals surface area (Å²) >= 11 is 12.1. The molecule has 0 aliphatic rings. The van der Waals surface area contributed by atoms with Crippen LogP contribution in [0.3, 0.4) is 0 Å². The Hall–Kier alpha value is -2.79. The zero-order chi connectivity index (χ0) is 20.4. The number of phenols is 1. The quantitative estimate of drug-likeness (QED) is 0.559. The van der Waals surface area contributed by atoms with E-state index in [1.54, 1.807) is 32.0 Å². The minimum atomic E-state index is -0.870. The molecule has 9 heteroatoms. The van der Waals surface area contributed by atoms with Gasteiger partial charge in [-0.1, -0.05) is 23.2 Å². The van der Waals surface area contributed by atoms with E-state index in [9.17, 15) is 10.2 Å². The van der Waals surface area contributed by atoms with Crippen molar-refractivity contribution < 1.29 is 14.6 Å². The highest BCUT2D eigenvalue weighted by Gasteiger charge is 2.25. The normalized spacial score (nSPS) is 13.0. The number of hydrogen-bond acceptors (Lipinski definition) is 7. The lowest BCUT2D eigenvalue weighted by Crippen LogP contribution is -2.23. The van der Waals surface area contributed by atoms with Gasteiger partial charge in [-0.25, -0.2) is 0 Å². The molecule has 7 nitrogen and oxygen atoms in total. The van der Waals surface area contributed by atoms with Crippen molar-refractivity contribution in [1.82, 2.24) is 10.2 Å². The number of aromatic hydroxyl groups is 1. The summed E-state index contributed by atoms with van der Waals surface area (Å²) < 4.78 is 5.70. The summed E-state index contributed by atoms with van der Waals surface area (Å²) in [5.74, 6) is 0.301. The highest BCUT2D eigenvalue weighted by atomic mass is 35.5. The van der Waals surface area contributed by atoms with Crippen molar-refractivity contribution in [2.75, 3.05) is 5.32 Å². The fraction of sp³-hybridized carbons (Fsp3) is 0.211. The monoisotopic (exact) mass is 418 g/mol. The van der Waals surface area contributed by atoms with E-state index < -0.39 is 12.1 Å². The Labute approximate surface area is 171 Å². The van der Waals surface area contributed by atoms with Gasteiger partial charge in [0.1, 0.15) is 17.9 Å². The summed E-state index contributed by atoms with van der Waals surface area (Å²) in [6.07, 6.45) is -0.870. The standard InChI is InChI=1S/C19H16Cl2N4O3/c1-9-14(5-3-12(8-22)16(9)21)23-17(10(2)26)19-25-24-18(28-19)11-4-6-15(27)13(20)7-11/h3-7,10,17,23,26-27H,1-2H3/t10-,17-/m1/s1. The molecule has 2 aromatic carbocycles. The van der Waals surface area contributed by atoms with Crippen molar-refractivity contribution in [3.05, 3.63) is 57.4 Å². The largest absolute Gasteiger partial charge is 0.506 e. The topological polar surface area (TPSA) is 115 Å². The molecule has 144 valence electrons. The van der Waals surface area contributed by atoms with E-state index in [0.717, 1.165) is 0 Å². The number of aliphatic hydroxyl groups excluding tert-OH is 1. The Balaban J connectivity index is 1.92. The van der Waals surface area contributed by atoms with Crippen molar-refractivity contribution in [1.29, 1.82) is 5.26 Å². The molecule has 0 unspecified atom stereocenters. The van der Waals surface area contributed by atoms with Crippen LogP contribution in [0, 0.1) is 18.3 Å². The number of aromatic nitrogens is 2. The fourth-order valence-electron chi connectivity index (χ4n) is 2.60. The predicted molar refractivity (Wildman–Crippen MR) is 105 cm³/mol. The molecule has 0 saturated heterocycles. The highest BCUT2D eigenvalue weighted by Crippen LogP contribution is 2.33. The van der Waals surface area contributed by atoms with Crippen molar-refractivity contribution in [2.24, 2.45) is 0 Å². The van der Waals surface area contributed by atoms with Gasteiger partial charge in [-0.2, -0.15) is 5.26 Å². The smallest absolute Gasteiger partial charge is 0.247 e. The highest BCUT2D eigenvalue weighted by molar-refractivity contribution is 6.33. The summed E-state index contributed by atoms with van der Waals surface area (Å²) in [5.41, 5.74) is 2.19. The molecule has 0 radical (unpaired) electrons. The summed E-state index contributed by atoms with van der Waals surface area (Å²) in [7, 11) is 0. The molecular weight excluding hydrogens is 403 g/mol. The number of rotatable bonds is 5. The lowest BCUT2D eigenvalue weighted by molar-refractivity contribution is 0.159. The van der Waals surface area contributed by atoms with Gasteiger partial charge < -0.3 is 19.9 Å². The van der Waals surface area contributed by atoms with Crippen LogP contribution in [0.4, 0.5) is 5.69 Å². The van der Waals surface area contributed by atoms with Gasteiger partial charge >= 0.3 is 0 Å². The SMILES string of the molecule is Cc1c(N[C@@H](c2nnc(-c3ccc(O)c(Cl)c3)o2)[C@@H](C)O)ccc(C#N)c1Cl. The van der Waals surface area contributed by atoms with E-state index in [1.807, 2.05) is 6.07 Å². The van der Waals surface area contributed by atoms with Gasteiger partial charge in [-0.3, -0.25) is 0 Å². The summed E-state index contributed by atoms with van der Waals surface area (Å²) in [6.45, 7) is 3.35. The second kappa shape index (κ2) is 8.07. The van der Waals surface area contributed by atoms with Gasteiger partial charge in [-0.15, -0.1) is 10.2 Å². The maximum Gasteiger partial charge on any atom is 0.247 e. The van der Waals surface area contributed by atoms with E-state index in [0.29, 0.717) is 27.4 Å². The zero-order valence-electron chi connectivity index (χ0n) is 14.9. The molecule has 0 saturated carbocycles. The van der Waals surface area contributed by atoms with Crippen molar-refractivity contribution >= 4 is 28.9 Å². The number of aliphatic hydroxyl groups is 1. The van der Waals surface area contributed by atoms with Gasteiger partial charge in [0.2, 0.25) is 11.8 Å². The minimum absolute atomic E-state index is 0.0538. The fourth-order valence-corrected chi connectivity index (χ4v) is 2.99. The van der Waals surface area contributed by atoms with Gasteiger partial charge in [0.25, 0.3) is 0 Å². The molecule has 0 bridgehead atoms. The molecule has 3 N–H and O–H groups in total. The number of nitriles is 1. The van der Waals surface area contributed by atoms with Crippen LogP contribution in [-0.4, -0.2) is 26.5 Å². The Morgan fingerprint density at radius 2 is 1.96 bits per heavy atom. The van der Waals surface area contributed by atoms with Crippen LogP contribution in [0.15, 0.2) is 34.7 Å². The third-order valence-electron chi connectivity index (χ3n) is 4.20. The van der Waals surface area contributed by atoms with Gasteiger partial charge in [0, 0.05) is 11.3 Å². The van der Waals surface area contributed by atoms with E-state index >= 15 is 0 Å². The first kappa shape index (κ1) is 20.0. The first-order valence-electron chi connectivity index (χ1n) is 8.28. The molecule has 1 aromatic heterocycles. The molecule has 2 atom stereocenters. The molecule has 3 aromatic rings. The number of phenolic OH excluding ortho intramolecular Hbond substituents is 1. The van der Waals surface area contributed by atoms with Crippen molar-refractivity contribution in [3.63, 3.8) is 0 Å². The molecule has 1 heterocycles. The first-order chi connectivity index (χ1) is 13.3. The van der Waals surface area contributed by atoms with Crippen LogP contribution in [-0.2, 0) is 0 Å². The van der Waals surface area contributed by atoms with Crippen LogP contribution in [0.1, 0.15) is 30.0 Å². The van der Waals surface area contributed by atoms with Crippen molar-refractivity contribution in [3.8, 4) is 23.3 Å². The number of halogens is 2. The maximum absolute atomic E-state index is 10.2. The summed E-state index contributed by atoms with van der Waals surface area (Å²) in [6, 6.07) is 9.12. The Bertz CT molecular complexity index is 1060. The number of nitrogens with one attached hydrogen (secondary N) is 1. The van der Waals surface area contributed by atoms with Crippen LogP contribution < -0.4 is 5.32 Å². The van der Waals surface area contributed by atoms with Gasteiger partial charge in [0.05, 0.1) is 21.7 Å². The second-order valence-corrected chi connectivity index (χ2v) is 6.97. The van der Waals surface area contributed by atoms with E-state index in [-0.39, 0.29) is 22.6 Å². The molecule has 28 heavy (non-hydrogen) atoms. The van der Waals surface area contributed by atoms with E-state index in [1.165, 1.54) is 12.1 Å². The number of benzene rings is 2. The molecule has 3 rings (SSSR count). The van der Waals surface area contributed by atoms with Crippen LogP contribution in [0.5, 0.6) is 5.75 Å². The second-order valence-electron chi connectivity index (χ2n) is 6.19. The third kappa shape index (κ3) is 3.90. The molecule has 0 aliphatic heterocycles. The zero-order valence-corrected chi connectivity index (χ0v) is 16.5. The number of nitrogens with zero attached hydrogens (tertiary/aromatic N) is 3. The lowest BCUT2D eigenvalue weighted by Gasteiger charge is -2.21. The average molecular weight is 419 g/mol. The molecule has 0 fully saturated rings. The Kier molecular flexibility index (Phi) is 5.75. The first-order valence-corrected chi connectivity index (χ1v) is 9.03. The average Bonchev–Trinajstić information content (AvgIpc) is 3.14. The molecule has 0 spiro atoms. The summed E-state index contributed by atoms with van der Waals surface area (Å²) in [5, 5.41) is 40.5. The lowest BCUT2D eigenvalue weighted by atomic mass is 10.1. The molecule has 0 amide bonds. The molecule has 0 aliphatic carbocycles. The minimum Gasteiger partial charge on any atom is -0.506 e. The van der Waals surface area contributed by atoms with Crippen LogP contribution >= 0.6 is 23.2 Å². The Morgan fingerprint density at radius 3 is 2.61 bits per heavy atom. The predicted octanol–water partition coefficient (Wildman–Crippen LogP) is 4.46. The van der Waals surface area contributed by atoms with Gasteiger partial charge in [-0.05, 0) is 49.7 Å². The van der Waals surface area contributed by atoms with Gasteiger partial charge in [0.15, 0.2) is 0 Å².